The molecule has 8 nitrogen and oxygen atoms in total. The van der Waals surface area contributed by atoms with E-state index in [1.807, 2.05) is 0 Å². The maximum atomic E-state index is 13.3. The first-order chi connectivity index (χ1) is 12.7. The summed E-state index contributed by atoms with van der Waals surface area (Å²) in [6, 6.07) is 4.29. The van der Waals surface area contributed by atoms with Crippen LogP contribution >= 0.6 is 0 Å². The molecule has 10 heteroatoms. The molecule has 0 saturated carbocycles. The molecule has 2 heterocycles. The fourth-order valence-electron chi connectivity index (χ4n) is 3.28. The second-order valence-corrected chi connectivity index (χ2v) is 8.82. The maximum absolute atomic E-state index is 13.3. The van der Waals surface area contributed by atoms with Crippen LogP contribution in [0.1, 0.15) is 18.4 Å². The van der Waals surface area contributed by atoms with Crippen LogP contribution < -0.4 is 10.0 Å². The highest BCUT2D eigenvalue weighted by Gasteiger charge is 2.44. The van der Waals surface area contributed by atoms with Gasteiger partial charge in [0.15, 0.2) is 0 Å². The zero-order valence-corrected chi connectivity index (χ0v) is 15.9. The zero-order chi connectivity index (χ0) is 19.7. The number of hydrogen-bond donors (Lipinski definition) is 3. The minimum absolute atomic E-state index is 0.0669. The van der Waals surface area contributed by atoms with Crippen molar-refractivity contribution in [3.05, 3.63) is 29.6 Å². The lowest BCUT2D eigenvalue weighted by Crippen LogP contribution is -2.64. The fraction of sp³-hybridized carbons (Fsp3) is 0.588. The van der Waals surface area contributed by atoms with Crippen LogP contribution in [-0.2, 0) is 19.7 Å². The smallest absolute Gasteiger partial charge is 0.280 e. The van der Waals surface area contributed by atoms with E-state index >= 15 is 0 Å². The number of benzene rings is 1. The number of carbonyl (C=O) groups excluding carboxylic acids is 1. The first-order valence-electron chi connectivity index (χ1n) is 8.79. The highest BCUT2D eigenvalue weighted by Crippen LogP contribution is 2.26. The van der Waals surface area contributed by atoms with Crippen LogP contribution in [0.15, 0.2) is 18.2 Å². The van der Waals surface area contributed by atoms with Crippen LogP contribution in [0.3, 0.4) is 0 Å². The SMILES string of the molecule is Cc1cc(NC(=O)C2CCN(S(=O)(=O)NC3(CCO)COC3)C2)ccc1F. The molecule has 1 unspecified atom stereocenters. The van der Waals surface area contributed by atoms with E-state index in [4.69, 9.17) is 9.84 Å². The van der Waals surface area contributed by atoms with Crippen molar-refractivity contribution in [2.75, 3.05) is 38.2 Å². The van der Waals surface area contributed by atoms with Gasteiger partial charge in [0.1, 0.15) is 5.82 Å². The Morgan fingerprint density at radius 3 is 2.78 bits per heavy atom. The fourth-order valence-corrected chi connectivity index (χ4v) is 4.90. The largest absolute Gasteiger partial charge is 0.396 e. The van der Waals surface area contributed by atoms with Crippen LogP contribution in [0, 0.1) is 18.7 Å². The topological polar surface area (TPSA) is 108 Å². The average molecular weight is 401 g/mol. The Bertz CT molecular complexity index is 813. The van der Waals surface area contributed by atoms with Crippen molar-refractivity contribution in [1.29, 1.82) is 0 Å². The number of nitrogens with one attached hydrogen (secondary N) is 2. The second-order valence-electron chi connectivity index (χ2n) is 7.15. The number of aliphatic hydroxyl groups is 1. The molecule has 1 amide bonds. The molecule has 27 heavy (non-hydrogen) atoms. The number of nitrogens with zero attached hydrogens (tertiary/aromatic N) is 1. The summed E-state index contributed by atoms with van der Waals surface area (Å²) in [6.45, 7) is 2.19. The molecule has 0 bridgehead atoms. The molecule has 0 spiro atoms. The summed E-state index contributed by atoms with van der Waals surface area (Å²) in [7, 11) is -3.79. The van der Waals surface area contributed by atoms with Crippen LogP contribution in [0.25, 0.3) is 0 Å². The first-order valence-corrected chi connectivity index (χ1v) is 10.2. The Labute approximate surface area is 157 Å². The van der Waals surface area contributed by atoms with Crippen molar-refractivity contribution < 1.29 is 27.4 Å². The van der Waals surface area contributed by atoms with Gasteiger partial charge in [-0.3, -0.25) is 4.79 Å². The molecule has 2 fully saturated rings. The maximum Gasteiger partial charge on any atom is 0.280 e. The van der Waals surface area contributed by atoms with Gasteiger partial charge in [-0.15, -0.1) is 0 Å². The van der Waals surface area contributed by atoms with Crippen molar-refractivity contribution in [2.45, 2.75) is 25.3 Å². The minimum Gasteiger partial charge on any atom is -0.396 e. The normalized spacial score (nSPS) is 22.4. The summed E-state index contributed by atoms with van der Waals surface area (Å²) >= 11 is 0. The molecule has 2 saturated heterocycles. The van der Waals surface area contributed by atoms with E-state index in [0.29, 0.717) is 17.7 Å². The Hall–Kier alpha value is -1.59. The summed E-state index contributed by atoms with van der Waals surface area (Å²) in [6.07, 6.45) is 0.671. The van der Waals surface area contributed by atoms with Gasteiger partial charge in [0.25, 0.3) is 10.2 Å². The van der Waals surface area contributed by atoms with E-state index in [1.165, 1.54) is 22.5 Å². The Morgan fingerprint density at radius 2 is 2.19 bits per heavy atom. The standard InChI is InChI=1S/C17H24FN3O5S/c1-12-8-14(2-3-15(12)18)19-16(23)13-4-6-21(9-13)27(24,25)20-17(5-7-22)10-26-11-17/h2-3,8,13,20,22H,4-7,9-11H2,1H3,(H,19,23). The number of amides is 1. The quantitative estimate of drug-likeness (QED) is 0.612. The lowest BCUT2D eigenvalue weighted by Gasteiger charge is -2.42. The van der Waals surface area contributed by atoms with Crippen molar-refractivity contribution in [3.63, 3.8) is 0 Å². The predicted molar refractivity (Wildman–Crippen MR) is 96.8 cm³/mol. The summed E-state index contributed by atoms with van der Waals surface area (Å²) in [5.41, 5.74) is 0.121. The van der Waals surface area contributed by atoms with Crippen molar-refractivity contribution in [2.24, 2.45) is 5.92 Å². The van der Waals surface area contributed by atoms with E-state index < -0.39 is 21.7 Å². The molecule has 150 valence electrons. The van der Waals surface area contributed by atoms with Crippen LogP contribution in [0.5, 0.6) is 0 Å². The lowest BCUT2D eigenvalue weighted by atomic mass is 9.95. The number of ether oxygens (including phenoxy) is 1. The highest BCUT2D eigenvalue weighted by atomic mass is 32.2. The van der Waals surface area contributed by atoms with Crippen molar-refractivity contribution in [3.8, 4) is 0 Å². The average Bonchev–Trinajstić information content (AvgIpc) is 3.07. The Balaban J connectivity index is 1.60. The number of aliphatic hydroxyl groups excluding tert-OH is 1. The van der Waals surface area contributed by atoms with Crippen LogP contribution in [-0.4, -0.2) is 62.2 Å². The van der Waals surface area contributed by atoms with E-state index in [-0.39, 0.29) is 51.1 Å². The van der Waals surface area contributed by atoms with Crippen molar-refractivity contribution in [1.82, 2.24) is 9.03 Å². The van der Waals surface area contributed by atoms with Gasteiger partial charge in [0, 0.05) is 25.4 Å². The minimum atomic E-state index is -3.79. The molecule has 1 atom stereocenters. The predicted octanol–water partition coefficient (Wildman–Crippen LogP) is 0.380. The third kappa shape index (κ3) is 4.46. The molecule has 1 aromatic carbocycles. The molecular weight excluding hydrogens is 377 g/mol. The lowest BCUT2D eigenvalue weighted by molar-refractivity contribution is -0.119. The van der Waals surface area contributed by atoms with Gasteiger partial charge in [0.05, 0.1) is 24.7 Å². The molecule has 2 aliphatic rings. The monoisotopic (exact) mass is 401 g/mol. The van der Waals surface area contributed by atoms with E-state index in [1.54, 1.807) is 6.92 Å². The van der Waals surface area contributed by atoms with Gasteiger partial charge in [-0.1, -0.05) is 0 Å². The van der Waals surface area contributed by atoms with E-state index in [9.17, 15) is 17.6 Å². The molecule has 3 N–H and O–H groups in total. The molecule has 1 aromatic rings. The molecular formula is C17H24FN3O5S. The van der Waals surface area contributed by atoms with Gasteiger partial charge >= 0.3 is 0 Å². The summed E-state index contributed by atoms with van der Waals surface area (Å²) in [5.74, 6) is -1.14. The number of hydrogen-bond acceptors (Lipinski definition) is 5. The molecule has 0 aromatic heterocycles. The number of halogens is 1. The zero-order valence-electron chi connectivity index (χ0n) is 15.1. The third-order valence-electron chi connectivity index (χ3n) is 4.98. The molecule has 0 aliphatic carbocycles. The Kier molecular flexibility index (Phi) is 5.82. The van der Waals surface area contributed by atoms with Crippen LogP contribution in [0.4, 0.5) is 10.1 Å². The van der Waals surface area contributed by atoms with Gasteiger partial charge in [-0.05, 0) is 43.5 Å². The second kappa shape index (κ2) is 7.80. The number of rotatable bonds is 7. The number of anilines is 1. The summed E-state index contributed by atoms with van der Waals surface area (Å²) in [5, 5.41) is 11.9. The molecule has 2 aliphatic heterocycles. The number of aryl methyl sites for hydroxylation is 1. The van der Waals surface area contributed by atoms with Crippen molar-refractivity contribution >= 4 is 21.8 Å². The number of carbonyl (C=O) groups is 1. The summed E-state index contributed by atoms with van der Waals surface area (Å²) < 4.78 is 47.5. The van der Waals surface area contributed by atoms with Crippen LogP contribution in [0.2, 0.25) is 0 Å². The van der Waals surface area contributed by atoms with Gasteiger partial charge in [0.2, 0.25) is 5.91 Å². The first kappa shape index (κ1) is 20.2. The van der Waals surface area contributed by atoms with Gasteiger partial charge in [-0.2, -0.15) is 17.4 Å². The van der Waals surface area contributed by atoms with E-state index in [0.717, 1.165) is 0 Å². The Morgan fingerprint density at radius 1 is 1.44 bits per heavy atom. The molecule has 3 rings (SSSR count). The molecule has 0 radical (unpaired) electrons. The van der Waals surface area contributed by atoms with Gasteiger partial charge < -0.3 is 15.2 Å². The van der Waals surface area contributed by atoms with E-state index in [2.05, 4.69) is 10.0 Å². The highest BCUT2D eigenvalue weighted by molar-refractivity contribution is 7.87. The van der Waals surface area contributed by atoms with Gasteiger partial charge in [-0.25, -0.2) is 4.39 Å². The summed E-state index contributed by atoms with van der Waals surface area (Å²) in [4.78, 5) is 12.4. The third-order valence-corrected chi connectivity index (χ3v) is 6.68.